The number of ether oxygens (including phenoxy) is 1. The number of benzene rings is 2. The summed E-state index contributed by atoms with van der Waals surface area (Å²) in [5, 5.41) is 22.0. The molecule has 0 aliphatic rings. The van der Waals surface area contributed by atoms with E-state index in [9.17, 15) is 20.2 Å². The quantitative estimate of drug-likeness (QED) is 0.503. The first kappa shape index (κ1) is 18.7. The fraction of sp³-hybridized carbons (Fsp3) is 0.143. The van der Waals surface area contributed by atoms with E-state index < -0.39 is 9.85 Å². The Labute approximate surface area is 155 Å². The lowest BCUT2D eigenvalue weighted by molar-refractivity contribution is -0.384. The Morgan fingerprint density at radius 2 is 1.64 bits per heavy atom. The lowest BCUT2D eigenvalue weighted by Crippen LogP contribution is -2.12. The largest absolute Gasteiger partial charge is 0.494 e. The van der Waals surface area contributed by atoms with Crippen LogP contribution in [0.15, 0.2) is 28.7 Å². The summed E-state index contributed by atoms with van der Waals surface area (Å²) >= 11 is 9.19. The van der Waals surface area contributed by atoms with Gasteiger partial charge in [0.15, 0.2) is 5.75 Å². The third-order valence-corrected chi connectivity index (χ3v) is 4.43. The second kappa shape index (κ2) is 7.53. The van der Waals surface area contributed by atoms with Crippen LogP contribution in [0.3, 0.4) is 0 Å². The Morgan fingerprint density at radius 3 is 2.20 bits per heavy atom. The topological polar surface area (TPSA) is 120 Å². The number of hydrogen-bond donors (Lipinski definition) is 2. The van der Waals surface area contributed by atoms with E-state index in [1.54, 1.807) is 13.0 Å². The predicted molar refractivity (Wildman–Crippen MR) is 97.4 cm³/mol. The number of aryl methyl sites for hydroxylation is 1. The number of anilines is 2. The number of methoxy groups -OCH3 is 1. The molecule has 2 rings (SSSR count). The van der Waals surface area contributed by atoms with E-state index in [4.69, 9.17) is 16.3 Å². The first-order valence-electron chi connectivity index (χ1n) is 6.73. The number of nitro benzene ring substituents is 2. The minimum atomic E-state index is -0.635. The van der Waals surface area contributed by atoms with E-state index in [-0.39, 0.29) is 33.5 Å². The molecule has 0 aliphatic carbocycles. The molecule has 0 spiro atoms. The molecule has 0 fully saturated rings. The standard InChI is InChI=1S/C14H12BrClN4O5/c1-7-3-13(20(23)24)10(4-8(7)15)17-18-11-5-9(16)12(19(21)22)6-14(11)25-2/h3-6,17-18H,1-2H3. The number of hydrazine groups is 1. The maximum absolute atomic E-state index is 11.2. The fourth-order valence-corrected chi connectivity index (χ4v) is 2.58. The first-order chi connectivity index (χ1) is 11.7. The van der Waals surface area contributed by atoms with Gasteiger partial charge in [-0.05, 0) is 24.6 Å². The minimum absolute atomic E-state index is 0.102. The van der Waals surface area contributed by atoms with Crippen molar-refractivity contribution in [1.29, 1.82) is 0 Å². The monoisotopic (exact) mass is 430 g/mol. The van der Waals surface area contributed by atoms with Crippen molar-refractivity contribution < 1.29 is 14.6 Å². The molecule has 0 saturated carbocycles. The van der Waals surface area contributed by atoms with Crippen molar-refractivity contribution in [2.45, 2.75) is 6.92 Å². The van der Waals surface area contributed by atoms with Crippen LogP contribution in [0.4, 0.5) is 22.7 Å². The van der Waals surface area contributed by atoms with Gasteiger partial charge in [-0.2, -0.15) is 0 Å². The van der Waals surface area contributed by atoms with Gasteiger partial charge in [0.1, 0.15) is 10.7 Å². The smallest absolute Gasteiger partial charge is 0.294 e. The van der Waals surface area contributed by atoms with Crippen molar-refractivity contribution in [2.75, 3.05) is 18.0 Å². The summed E-state index contributed by atoms with van der Waals surface area (Å²) in [4.78, 5) is 21.0. The molecule has 2 N–H and O–H groups in total. The number of halogens is 2. The molecule has 0 bridgehead atoms. The van der Waals surface area contributed by atoms with Crippen molar-refractivity contribution in [2.24, 2.45) is 0 Å². The van der Waals surface area contributed by atoms with Gasteiger partial charge in [-0.1, -0.05) is 27.5 Å². The van der Waals surface area contributed by atoms with E-state index in [2.05, 4.69) is 26.8 Å². The molecule has 9 nitrogen and oxygen atoms in total. The summed E-state index contributed by atoms with van der Waals surface area (Å²) < 4.78 is 5.77. The van der Waals surface area contributed by atoms with Gasteiger partial charge in [0, 0.05) is 10.5 Å². The third-order valence-electron chi connectivity index (χ3n) is 3.27. The van der Waals surface area contributed by atoms with Crippen molar-refractivity contribution in [3.8, 4) is 5.75 Å². The van der Waals surface area contributed by atoms with Gasteiger partial charge >= 0.3 is 0 Å². The molecule has 25 heavy (non-hydrogen) atoms. The van der Waals surface area contributed by atoms with Crippen LogP contribution < -0.4 is 15.6 Å². The van der Waals surface area contributed by atoms with E-state index in [0.717, 1.165) is 6.07 Å². The molecule has 11 heteroatoms. The Kier molecular flexibility index (Phi) is 5.65. The van der Waals surface area contributed by atoms with Gasteiger partial charge < -0.3 is 4.74 Å². The zero-order valence-electron chi connectivity index (χ0n) is 13.0. The predicted octanol–water partition coefficient (Wildman–Crippen LogP) is 4.67. The Morgan fingerprint density at radius 1 is 1.04 bits per heavy atom. The van der Waals surface area contributed by atoms with Crippen molar-refractivity contribution in [1.82, 2.24) is 0 Å². The molecule has 2 aromatic carbocycles. The summed E-state index contributed by atoms with van der Waals surface area (Å²) in [7, 11) is 1.34. The molecule has 0 aromatic heterocycles. The average Bonchev–Trinajstić information content (AvgIpc) is 2.54. The minimum Gasteiger partial charge on any atom is -0.494 e. The van der Waals surface area contributed by atoms with Crippen LogP contribution >= 0.6 is 27.5 Å². The average molecular weight is 432 g/mol. The summed E-state index contributed by atoms with van der Waals surface area (Å²) in [6.07, 6.45) is 0. The second-order valence-electron chi connectivity index (χ2n) is 4.89. The van der Waals surface area contributed by atoms with Gasteiger partial charge in [0.2, 0.25) is 0 Å². The van der Waals surface area contributed by atoms with Crippen LogP contribution in [0.25, 0.3) is 0 Å². The number of nitrogens with zero attached hydrogens (tertiary/aromatic N) is 2. The zero-order valence-corrected chi connectivity index (χ0v) is 15.3. The summed E-state index contributed by atoms with van der Waals surface area (Å²) in [6.45, 7) is 1.73. The molecular weight excluding hydrogens is 420 g/mol. The summed E-state index contributed by atoms with van der Waals surface area (Å²) in [5.41, 5.74) is 6.15. The zero-order chi connectivity index (χ0) is 18.7. The highest BCUT2D eigenvalue weighted by Gasteiger charge is 2.19. The Bertz CT molecular complexity index is 862. The van der Waals surface area contributed by atoms with Crippen LogP contribution in [0, 0.1) is 27.2 Å². The van der Waals surface area contributed by atoms with E-state index in [1.807, 2.05) is 0 Å². The van der Waals surface area contributed by atoms with Crippen LogP contribution in [0.5, 0.6) is 5.75 Å². The van der Waals surface area contributed by atoms with Crippen molar-refractivity contribution in [3.05, 3.63) is 59.6 Å². The Balaban J connectivity index is 2.36. The third kappa shape index (κ3) is 4.09. The Hall–Kier alpha value is -2.59. The van der Waals surface area contributed by atoms with Gasteiger partial charge in [-0.25, -0.2) is 0 Å². The fourth-order valence-electron chi connectivity index (χ4n) is 2.00. The van der Waals surface area contributed by atoms with Gasteiger partial charge in [0.25, 0.3) is 11.4 Å². The molecular formula is C14H12BrClN4O5. The SMILES string of the molecule is COc1cc([N+](=O)[O-])c(Cl)cc1NNc1cc(Br)c(C)cc1[N+](=O)[O-]. The van der Waals surface area contributed by atoms with Gasteiger partial charge in [-0.15, -0.1) is 0 Å². The molecule has 0 radical (unpaired) electrons. The summed E-state index contributed by atoms with van der Waals surface area (Å²) in [6, 6.07) is 5.40. The highest BCUT2D eigenvalue weighted by atomic mass is 79.9. The molecule has 0 saturated heterocycles. The molecule has 2 aromatic rings. The number of rotatable bonds is 6. The number of hydrogen-bond acceptors (Lipinski definition) is 7. The van der Waals surface area contributed by atoms with Gasteiger partial charge in [0.05, 0.1) is 28.7 Å². The molecule has 0 heterocycles. The molecule has 0 aliphatic heterocycles. The molecule has 132 valence electrons. The second-order valence-corrected chi connectivity index (χ2v) is 6.15. The van der Waals surface area contributed by atoms with Crippen LogP contribution in [0.1, 0.15) is 5.56 Å². The van der Waals surface area contributed by atoms with Crippen molar-refractivity contribution >= 4 is 50.3 Å². The molecule has 0 unspecified atom stereocenters. The maximum Gasteiger partial charge on any atom is 0.294 e. The van der Waals surface area contributed by atoms with Gasteiger partial charge in [-0.3, -0.25) is 31.1 Å². The summed E-state index contributed by atoms with van der Waals surface area (Å²) in [5.74, 6) is 0.150. The van der Waals surface area contributed by atoms with Crippen molar-refractivity contribution in [3.63, 3.8) is 0 Å². The highest BCUT2D eigenvalue weighted by molar-refractivity contribution is 9.10. The lowest BCUT2D eigenvalue weighted by atomic mass is 10.2. The van der Waals surface area contributed by atoms with E-state index in [0.29, 0.717) is 10.0 Å². The molecule has 0 amide bonds. The van der Waals surface area contributed by atoms with E-state index >= 15 is 0 Å². The maximum atomic E-state index is 11.2. The van der Waals surface area contributed by atoms with Crippen LogP contribution in [-0.2, 0) is 0 Å². The first-order valence-corrected chi connectivity index (χ1v) is 7.90. The number of nitrogens with one attached hydrogen (secondary N) is 2. The molecule has 0 atom stereocenters. The highest BCUT2D eigenvalue weighted by Crippen LogP contribution is 2.36. The normalized spacial score (nSPS) is 10.2. The van der Waals surface area contributed by atoms with Crippen LogP contribution in [0.2, 0.25) is 5.02 Å². The number of nitro groups is 2. The lowest BCUT2D eigenvalue weighted by Gasteiger charge is -2.14. The van der Waals surface area contributed by atoms with E-state index in [1.165, 1.54) is 19.2 Å². The van der Waals surface area contributed by atoms with Crippen LogP contribution in [-0.4, -0.2) is 17.0 Å².